The van der Waals surface area contributed by atoms with Crippen LogP contribution in [-0.4, -0.2) is 59.8 Å². The fraction of sp³-hybridized carbons (Fsp3) is 0.261. The summed E-state index contributed by atoms with van der Waals surface area (Å²) < 4.78 is 5.17. The maximum atomic E-state index is 13.0. The Bertz CT molecular complexity index is 1050. The van der Waals surface area contributed by atoms with Gasteiger partial charge in [0.25, 0.3) is 11.7 Å². The number of ether oxygens (including phenoxy) is 1. The molecule has 1 atom stereocenters. The summed E-state index contributed by atoms with van der Waals surface area (Å²) in [5, 5.41) is 11.5. The van der Waals surface area contributed by atoms with Gasteiger partial charge in [0.05, 0.1) is 11.6 Å². The van der Waals surface area contributed by atoms with Crippen molar-refractivity contribution >= 4 is 35.0 Å². The number of hydrogen-bond acceptors (Lipinski definition) is 6. The van der Waals surface area contributed by atoms with Gasteiger partial charge in [-0.25, -0.2) is 0 Å². The number of aliphatic hydroxyl groups is 1. The molecule has 1 heterocycles. The number of carbonyl (C=O) groups excluding carboxylic acids is 3. The van der Waals surface area contributed by atoms with Gasteiger partial charge in [0.2, 0.25) is 0 Å². The number of halogens is 1. The van der Waals surface area contributed by atoms with Crippen molar-refractivity contribution in [3.05, 3.63) is 70.3 Å². The minimum absolute atomic E-state index is 0.0222. The Balaban J connectivity index is 2.14. The van der Waals surface area contributed by atoms with E-state index in [4.69, 9.17) is 16.3 Å². The average Bonchev–Trinajstić information content (AvgIpc) is 2.96. The highest BCUT2D eigenvalue weighted by atomic mass is 35.5. The number of likely N-dealkylation sites (tertiary alicyclic amines) is 1. The smallest absolute Gasteiger partial charge is 0.308 e. The van der Waals surface area contributed by atoms with Crippen molar-refractivity contribution in [2.75, 3.05) is 27.2 Å². The lowest BCUT2D eigenvalue weighted by molar-refractivity contribution is -0.140. The van der Waals surface area contributed by atoms with Crippen LogP contribution in [0.15, 0.2) is 54.1 Å². The molecule has 0 radical (unpaired) electrons. The lowest BCUT2D eigenvalue weighted by Gasteiger charge is -2.26. The van der Waals surface area contributed by atoms with Crippen molar-refractivity contribution in [2.45, 2.75) is 13.0 Å². The number of carbonyl (C=O) groups is 3. The molecule has 7 nitrogen and oxygen atoms in total. The normalized spacial score (nSPS) is 18.0. The van der Waals surface area contributed by atoms with Crippen molar-refractivity contribution in [1.29, 1.82) is 0 Å². The molecule has 2 aromatic rings. The predicted octanol–water partition coefficient (Wildman–Crippen LogP) is 3.25. The first kappa shape index (κ1) is 22.5. The molecular weight excluding hydrogens is 420 g/mol. The zero-order valence-electron chi connectivity index (χ0n) is 17.5. The molecule has 0 aliphatic carbocycles. The van der Waals surface area contributed by atoms with E-state index < -0.39 is 23.7 Å². The van der Waals surface area contributed by atoms with Crippen LogP contribution in [0.1, 0.15) is 24.1 Å². The van der Waals surface area contributed by atoms with E-state index in [0.717, 1.165) is 0 Å². The SMILES string of the molecule is CC(=O)Oc1cccc(C2/C(=C(/O)c3ccc(Cl)cc3)C(=O)C(=O)N2CCN(C)C)c1. The molecule has 1 fully saturated rings. The van der Waals surface area contributed by atoms with Gasteiger partial charge in [-0.05, 0) is 56.1 Å². The van der Waals surface area contributed by atoms with E-state index in [1.165, 1.54) is 11.8 Å². The summed E-state index contributed by atoms with van der Waals surface area (Å²) in [7, 11) is 3.72. The number of esters is 1. The van der Waals surface area contributed by atoms with E-state index in [0.29, 0.717) is 22.7 Å². The molecule has 1 amide bonds. The van der Waals surface area contributed by atoms with E-state index in [9.17, 15) is 19.5 Å². The van der Waals surface area contributed by atoms with Crippen LogP contribution in [0.2, 0.25) is 5.02 Å². The number of aliphatic hydroxyl groups excluding tert-OH is 1. The quantitative estimate of drug-likeness (QED) is 0.243. The highest BCUT2D eigenvalue weighted by Crippen LogP contribution is 2.40. The standard InChI is InChI=1S/C23H23ClN2O5/c1-14(27)31-18-6-4-5-16(13-18)20-19(21(28)15-7-9-17(24)10-8-15)22(29)23(30)26(20)12-11-25(2)3/h4-10,13,20,28H,11-12H2,1-3H3/b21-19-. The van der Waals surface area contributed by atoms with Gasteiger partial charge in [0.15, 0.2) is 0 Å². The Hall–Kier alpha value is -3.16. The second-order valence-corrected chi connectivity index (χ2v) is 7.91. The molecule has 31 heavy (non-hydrogen) atoms. The molecule has 1 saturated heterocycles. The number of benzene rings is 2. The Morgan fingerprint density at radius 1 is 1.16 bits per heavy atom. The molecule has 1 aliphatic rings. The van der Waals surface area contributed by atoms with Gasteiger partial charge in [-0.3, -0.25) is 14.4 Å². The number of likely N-dealkylation sites (N-methyl/N-ethyl adjacent to an activating group) is 1. The summed E-state index contributed by atoms with van der Waals surface area (Å²) in [4.78, 5) is 40.5. The number of rotatable bonds is 6. The van der Waals surface area contributed by atoms with Crippen molar-refractivity contribution in [3.63, 3.8) is 0 Å². The van der Waals surface area contributed by atoms with Gasteiger partial charge >= 0.3 is 5.97 Å². The third-order valence-corrected chi connectivity index (χ3v) is 5.13. The zero-order chi connectivity index (χ0) is 22.7. The number of amides is 1. The Morgan fingerprint density at radius 2 is 1.84 bits per heavy atom. The molecule has 162 valence electrons. The summed E-state index contributed by atoms with van der Waals surface area (Å²) in [5.41, 5.74) is 0.898. The van der Waals surface area contributed by atoms with Gasteiger partial charge in [0, 0.05) is 30.6 Å². The van der Waals surface area contributed by atoms with Gasteiger partial charge < -0.3 is 19.6 Å². The molecule has 0 saturated carbocycles. The summed E-state index contributed by atoms with van der Waals surface area (Å²) in [6, 6.07) is 12.1. The third kappa shape index (κ3) is 4.95. The first-order valence-corrected chi connectivity index (χ1v) is 10.0. The monoisotopic (exact) mass is 442 g/mol. The lowest BCUT2D eigenvalue weighted by Crippen LogP contribution is -2.35. The van der Waals surface area contributed by atoms with E-state index in [1.807, 2.05) is 19.0 Å². The molecule has 2 aromatic carbocycles. The minimum Gasteiger partial charge on any atom is -0.507 e. The number of ketones is 1. The van der Waals surface area contributed by atoms with Crippen LogP contribution in [0.3, 0.4) is 0 Å². The van der Waals surface area contributed by atoms with E-state index in [1.54, 1.807) is 48.5 Å². The minimum atomic E-state index is -0.828. The first-order chi connectivity index (χ1) is 14.7. The topological polar surface area (TPSA) is 87.1 Å². The van der Waals surface area contributed by atoms with Crippen LogP contribution in [0.25, 0.3) is 5.76 Å². The second-order valence-electron chi connectivity index (χ2n) is 7.47. The van der Waals surface area contributed by atoms with Crippen LogP contribution >= 0.6 is 11.6 Å². The maximum absolute atomic E-state index is 13.0. The number of hydrogen-bond donors (Lipinski definition) is 1. The highest BCUT2D eigenvalue weighted by Gasteiger charge is 2.46. The number of nitrogens with zero attached hydrogens (tertiary/aromatic N) is 2. The van der Waals surface area contributed by atoms with Crippen molar-refractivity contribution in [2.24, 2.45) is 0 Å². The maximum Gasteiger partial charge on any atom is 0.308 e. The fourth-order valence-corrected chi connectivity index (χ4v) is 3.57. The van der Waals surface area contributed by atoms with Crippen molar-refractivity contribution in [1.82, 2.24) is 9.80 Å². The van der Waals surface area contributed by atoms with Gasteiger partial charge in [-0.2, -0.15) is 0 Å². The van der Waals surface area contributed by atoms with Gasteiger partial charge in [0.1, 0.15) is 11.5 Å². The molecule has 1 aliphatic heterocycles. The van der Waals surface area contributed by atoms with E-state index in [-0.39, 0.29) is 23.6 Å². The molecule has 3 rings (SSSR count). The third-order valence-electron chi connectivity index (χ3n) is 4.88. The summed E-state index contributed by atoms with van der Waals surface area (Å²) in [5.74, 6) is -1.95. The van der Waals surface area contributed by atoms with Gasteiger partial charge in [-0.15, -0.1) is 0 Å². The fourth-order valence-electron chi connectivity index (χ4n) is 3.44. The van der Waals surface area contributed by atoms with Crippen LogP contribution in [0.5, 0.6) is 5.75 Å². The number of Topliss-reactive ketones (excluding diaryl/α,β-unsaturated/α-hetero) is 1. The second kappa shape index (κ2) is 9.32. The molecule has 0 aromatic heterocycles. The largest absolute Gasteiger partial charge is 0.507 e. The summed E-state index contributed by atoms with van der Waals surface area (Å²) in [6.07, 6.45) is 0. The Labute approximate surface area is 185 Å². The van der Waals surface area contributed by atoms with Crippen molar-refractivity contribution in [3.8, 4) is 5.75 Å². The molecule has 0 bridgehead atoms. The highest BCUT2D eigenvalue weighted by molar-refractivity contribution is 6.46. The van der Waals surface area contributed by atoms with Crippen molar-refractivity contribution < 1.29 is 24.2 Å². The van der Waals surface area contributed by atoms with Crippen LogP contribution < -0.4 is 4.74 Å². The van der Waals surface area contributed by atoms with E-state index >= 15 is 0 Å². The summed E-state index contributed by atoms with van der Waals surface area (Å²) >= 11 is 5.93. The van der Waals surface area contributed by atoms with Crippen LogP contribution in [0.4, 0.5) is 0 Å². The molecule has 8 heteroatoms. The Morgan fingerprint density at radius 3 is 2.45 bits per heavy atom. The lowest BCUT2D eigenvalue weighted by atomic mass is 9.95. The Kier molecular flexibility index (Phi) is 6.77. The molecule has 1 unspecified atom stereocenters. The molecule has 1 N–H and O–H groups in total. The first-order valence-electron chi connectivity index (χ1n) is 9.66. The van der Waals surface area contributed by atoms with Crippen LogP contribution in [-0.2, 0) is 14.4 Å². The molecular formula is C23H23ClN2O5. The summed E-state index contributed by atoms with van der Waals surface area (Å²) in [6.45, 7) is 2.09. The van der Waals surface area contributed by atoms with Crippen LogP contribution in [0, 0.1) is 0 Å². The molecule has 0 spiro atoms. The zero-order valence-corrected chi connectivity index (χ0v) is 18.2. The predicted molar refractivity (Wildman–Crippen MR) is 117 cm³/mol. The van der Waals surface area contributed by atoms with Gasteiger partial charge in [-0.1, -0.05) is 23.7 Å². The average molecular weight is 443 g/mol. The van der Waals surface area contributed by atoms with E-state index in [2.05, 4.69) is 0 Å².